The highest BCUT2D eigenvalue weighted by molar-refractivity contribution is 5.95. The van der Waals surface area contributed by atoms with E-state index >= 15 is 0 Å². The molecule has 1 unspecified atom stereocenters. The topological polar surface area (TPSA) is 56.8 Å². The maximum atomic E-state index is 13.3. The van der Waals surface area contributed by atoms with Gasteiger partial charge in [0.25, 0.3) is 5.91 Å². The molecular weight excluding hydrogens is 400 g/mol. The number of anilines is 1. The zero-order valence-corrected chi connectivity index (χ0v) is 18.7. The largest absolute Gasteiger partial charge is 0.355 e. The Balaban J connectivity index is 1.23. The number of pyridine rings is 1. The molecule has 0 N–H and O–H groups in total. The first kappa shape index (κ1) is 21.0. The number of piperidine rings is 1. The molecule has 1 aromatic carbocycles. The number of hydrogen-bond donors (Lipinski definition) is 0. The van der Waals surface area contributed by atoms with Crippen molar-refractivity contribution in [2.45, 2.75) is 38.5 Å². The van der Waals surface area contributed by atoms with E-state index in [9.17, 15) is 9.59 Å². The van der Waals surface area contributed by atoms with E-state index in [0.29, 0.717) is 12.1 Å². The molecule has 3 fully saturated rings. The maximum Gasteiger partial charge on any atom is 0.254 e. The van der Waals surface area contributed by atoms with E-state index in [1.807, 2.05) is 28.0 Å². The van der Waals surface area contributed by atoms with Crippen LogP contribution in [0.25, 0.3) is 0 Å². The lowest BCUT2D eigenvalue weighted by Gasteiger charge is -2.27. The molecule has 1 aromatic heterocycles. The summed E-state index contributed by atoms with van der Waals surface area (Å²) in [7, 11) is 0. The van der Waals surface area contributed by atoms with E-state index in [1.54, 1.807) is 6.20 Å². The molecule has 1 spiro atoms. The van der Waals surface area contributed by atoms with Crippen LogP contribution in [0.1, 0.15) is 48.0 Å². The van der Waals surface area contributed by atoms with Gasteiger partial charge in [-0.05, 0) is 56.2 Å². The van der Waals surface area contributed by atoms with E-state index in [1.165, 1.54) is 12.0 Å². The number of carbonyl (C=O) groups excluding carboxylic acids is 2. The highest BCUT2D eigenvalue weighted by Gasteiger charge is 2.50. The zero-order chi connectivity index (χ0) is 22.0. The number of nitrogens with zero attached hydrogens (tertiary/aromatic N) is 4. The minimum Gasteiger partial charge on any atom is -0.355 e. The lowest BCUT2D eigenvalue weighted by atomic mass is 9.85. The van der Waals surface area contributed by atoms with Gasteiger partial charge in [0, 0.05) is 51.0 Å². The Morgan fingerprint density at radius 1 is 0.969 bits per heavy atom. The second kappa shape index (κ2) is 8.93. The van der Waals surface area contributed by atoms with Crippen molar-refractivity contribution in [3.05, 3.63) is 59.8 Å². The molecule has 2 aromatic rings. The summed E-state index contributed by atoms with van der Waals surface area (Å²) in [6.45, 7) is 4.81. The lowest BCUT2D eigenvalue weighted by molar-refractivity contribution is -0.135. The number of likely N-dealkylation sites (tertiary alicyclic amines) is 2. The molecule has 168 valence electrons. The Morgan fingerprint density at radius 3 is 2.56 bits per heavy atom. The van der Waals surface area contributed by atoms with Crippen molar-refractivity contribution in [2.75, 3.05) is 44.2 Å². The van der Waals surface area contributed by atoms with Crippen LogP contribution in [0.4, 0.5) is 5.82 Å². The monoisotopic (exact) mass is 432 g/mol. The van der Waals surface area contributed by atoms with Crippen LogP contribution >= 0.6 is 0 Å². The van der Waals surface area contributed by atoms with Gasteiger partial charge < -0.3 is 14.7 Å². The fraction of sp³-hybridized carbons (Fsp3) is 0.500. The van der Waals surface area contributed by atoms with Crippen LogP contribution < -0.4 is 4.90 Å². The van der Waals surface area contributed by atoms with Gasteiger partial charge >= 0.3 is 0 Å². The highest BCUT2D eigenvalue weighted by Crippen LogP contribution is 2.42. The van der Waals surface area contributed by atoms with Crippen molar-refractivity contribution in [2.24, 2.45) is 5.41 Å². The fourth-order valence-corrected chi connectivity index (χ4v) is 5.47. The fourth-order valence-electron chi connectivity index (χ4n) is 5.47. The zero-order valence-electron chi connectivity index (χ0n) is 18.7. The Bertz CT molecular complexity index is 973. The van der Waals surface area contributed by atoms with Gasteiger partial charge in [0.2, 0.25) is 5.91 Å². The van der Waals surface area contributed by atoms with Gasteiger partial charge in [-0.25, -0.2) is 4.98 Å². The van der Waals surface area contributed by atoms with Gasteiger partial charge in [-0.3, -0.25) is 9.59 Å². The molecule has 3 saturated heterocycles. The number of hydrogen-bond acceptors (Lipinski definition) is 4. The third-order valence-corrected chi connectivity index (χ3v) is 7.43. The van der Waals surface area contributed by atoms with Crippen molar-refractivity contribution in [1.82, 2.24) is 14.8 Å². The van der Waals surface area contributed by atoms with E-state index in [2.05, 4.69) is 34.1 Å². The number of aromatic nitrogens is 1. The number of amides is 2. The van der Waals surface area contributed by atoms with Crippen molar-refractivity contribution >= 4 is 17.6 Å². The third kappa shape index (κ3) is 4.10. The van der Waals surface area contributed by atoms with Gasteiger partial charge in [-0.1, -0.05) is 30.3 Å². The standard InChI is InChI=1S/C26H32N4O2/c31-24(28-14-5-2-6-15-28)22-9-13-27-23(19-22)30-18-12-26(20-30)11-17-29(25(26)32)16-10-21-7-3-1-4-8-21/h1,3-4,7-9,13,19H,2,5-6,10-12,14-18,20H2. The average molecular weight is 433 g/mol. The van der Waals surface area contributed by atoms with E-state index in [0.717, 1.165) is 70.6 Å². The number of benzene rings is 1. The summed E-state index contributed by atoms with van der Waals surface area (Å²) in [5.41, 5.74) is 1.68. The summed E-state index contributed by atoms with van der Waals surface area (Å²) in [5.74, 6) is 1.21. The molecule has 32 heavy (non-hydrogen) atoms. The summed E-state index contributed by atoms with van der Waals surface area (Å²) < 4.78 is 0. The Hall–Kier alpha value is -2.89. The number of carbonyl (C=O) groups is 2. The van der Waals surface area contributed by atoms with Crippen LogP contribution in [-0.2, 0) is 11.2 Å². The van der Waals surface area contributed by atoms with E-state index in [-0.39, 0.29) is 17.2 Å². The van der Waals surface area contributed by atoms with Crippen molar-refractivity contribution in [3.8, 4) is 0 Å². The van der Waals surface area contributed by atoms with Crippen LogP contribution in [0.2, 0.25) is 0 Å². The Kier molecular flexibility index (Phi) is 5.85. The van der Waals surface area contributed by atoms with Gasteiger partial charge in [-0.2, -0.15) is 0 Å². The van der Waals surface area contributed by atoms with Crippen molar-refractivity contribution < 1.29 is 9.59 Å². The second-order valence-corrected chi connectivity index (χ2v) is 9.49. The quantitative estimate of drug-likeness (QED) is 0.727. The molecule has 3 aliphatic rings. The van der Waals surface area contributed by atoms with E-state index < -0.39 is 0 Å². The first-order valence-electron chi connectivity index (χ1n) is 12.0. The lowest BCUT2D eigenvalue weighted by Crippen LogP contribution is -2.38. The molecule has 3 aliphatic heterocycles. The SMILES string of the molecule is O=C(c1ccnc(N2CCC3(CCN(CCc4ccccc4)C3=O)C2)c1)N1CCCCC1. The van der Waals surface area contributed by atoms with E-state index in [4.69, 9.17) is 0 Å². The van der Waals surface area contributed by atoms with Crippen LogP contribution in [0.15, 0.2) is 48.7 Å². The molecule has 1 atom stereocenters. The maximum absolute atomic E-state index is 13.3. The second-order valence-electron chi connectivity index (χ2n) is 9.49. The first-order valence-corrected chi connectivity index (χ1v) is 12.0. The van der Waals surface area contributed by atoms with Crippen LogP contribution in [0.3, 0.4) is 0 Å². The summed E-state index contributed by atoms with van der Waals surface area (Å²) in [6, 6.07) is 14.1. The van der Waals surface area contributed by atoms with Gasteiger partial charge in [0.15, 0.2) is 0 Å². The predicted molar refractivity (Wildman–Crippen MR) is 125 cm³/mol. The van der Waals surface area contributed by atoms with Crippen molar-refractivity contribution in [3.63, 3.8) is 0 Å². The smallest absolute Gasteiger partial charge is 0.254 e. The Labute approximate surface area is 190 Å². The molecule has 0 saturated carbocycles. The van der Waals surface area contributed by atoms with Gasteiger partial charge in [0.05, 0.1) is 5.41 Å². The molecule has 6 heteroatoms. The Morgan fingerprint density at radius 2 is 1.75 bits per heavy atom. The summed E-state index contributed by atoms with van der Waals surface area (Å²) in [5, 5.41) is 0. The molecule has 0 radical (unpaired) electrons. The molecule has 5 rings (SSSR count). The third-order valence-electron chi connectivity index (χ3n) is 7.43. The number of rotatable bonds is 5. The van der Waals surface area contributed by atoms with Gasteiger partial charge in [-0.15, -0.1) is 0 Å². The first-order chi connectivity index (χ1) is 15.6. The summed E-state index contributed by atoms with van der Waals surface area (Å²) >= 11 is 0. The predicted octanol–water partition coefficient (Wildman–Crippen LogP) is 3.38. The molecule has 4 heterocycles. The molecule has 2 amide bonds. The van der Waals surface area contributed by atoms with Gasteiger partial charge in [0.1, 0.15) is 5.82 Å². The summed E-state index contributed by atoms with van der Waals surface area (Å²) in [4.78, 5) is 37.0. The molecular formula is C26H32N4O2. The molecule has 6 nitrogen and oxygen atoms in total. The van der Waals surface area contributed by atoms with Crippen LogP contribution in [0, 0.1) is 5.41 Å². The van der Waals surface area contributed by atoms with Crippen molar-refractivity contribution in [1.29, 1.82) is 0 Å². The summed E-state index contributed by atoms with van der Waals surface area (Å²) in [6.07, 6.45) is 7.78. The van der Waals surface area contributed by atoms with Crippen LogP contribution in [0.5, 0.6) is 0 Å². The normalized spacial score (nSPS) is 23.4. The van der Waals surface area contributed by atoms with Crippen LogP contribution in [-0.4, -0.2) is 65.9 Å². The highest BCUT2D eigenvalue weighted by atomic mass is 16.2. The minimum atomic E-state index is -0.300. The molecule has 0 bridgehead atoms. The average Bonchev–Trinajstić information content (AvgIpc) is 3.43. The molecule has 0 aliphatic carbocycles. The minimum absolute atomic E-state index is 0.103.